The topological polar surface area (TPSA) is 53.4 Å². The summed E-state index contributed by atoms with van der Waals surface area (Å²) in [6, 6.07) is 1.04. The maximum Gasteiger partial charge on any atom is 0.339 e. The predicted octanol–water partition coefficient (Wildman–Crippen LogP) is 2.94. The molecule has 1 fully saturated rings. The van der Waals surface area contributed by atoms with Crippen LogP contribution in [-0.4, -0.2) is 29.1 Å². The molecule has 0 aliphatic carbocycles. The van der Waals surface area contributed by atoms with Crippen LogP contribution in [0.3, 0.4) is 0 Å². The lowest BCUT2D eigenvalue weighted by Crippen LogP contribution is -2.28. The van der Waals surface area contributed by atoms with Gasteiger partial charge >= 0.3 is 5.97 Å². The Labute approximate surface area is 112 Å². The second kappa shape index (κ2) is 5.15. The van der Waals surface area contributed by atoms with Crippen LogP contribution in [0.4, 0.5) is 10.2 Å². The van der Waals surface area contributed by atoms with Crippen LogP contribution < -0.4 is 4.90 Å². The van der Waals surface area contributed by atoms with E-state index in [9.17, 15) is 9.18 Å². The minimum Gasteiger partial charge on any atom is -0.478 e. The van der Waals surface area contributed by atoms with Crippen molar-refractivity contribution in [3.05, 3.63) is 23.6 Å². The molecule has 0 bridgehead atoms. The average molecular weight is 266 g/mol. The van der Waals surface area contributed by atoms with Gasteiger partial charge in [0.05, 0.1) is 6.20 Å². The summed E-state index contributed by atoms with van der Waals surface area (Å²) < 4.78 is 13.1. The monoisotopic (exact) mass is 266 g/mol. The van der Waals surface area contributed by atoms with E-state index >= 15 is 0 Å². The van der Waals surface area contributed by atoms with E-state index in [0.29, 0.717) is 5.82 Å². The van der Waals surface area contributed by atoms with Gasteiger partial charge in [0.25, 0.3) is 0 Å². The number of halogens is 1. The molecule has 2 rings (SSSR count). The van der Waals surface area contributed by atoms with Gasteiger partial charge in [0.15, 0.2) is 0 Å². The molecule has 1 aromatic rings. The van der Waals surface area contributed by atoms with E-state index in [1.54, 1.807) is 0 Å². The van der Waals surface area contributed by atoms with Gasteiger partial charge in [-0.3, -0.25) is 0 Å². The Morgan fingerprint density at radius 3 is 2.74 bits per heavy atom. The van der Waals surface area contributed by atoms with Crippen molar-refractivity contribution in [2.24, 2.45) is 5.41 Å². The van der Waals surface area contributed by atoms with Crippen LogP contribution in [0.25, 0.3) is 0 Å². The van der Waals surface area contributed by atoms with Gasteiger partial charge in [-0.15, -0.1) is 0 Å². The summed E-state index contributed by atoms with van der Waals surface area (Å²) in [6.07, 6.45) is 4.23. The second-order valence-corrected chi connectivity index (χ2v) is 5.21. The fraction of sp³-hybridized carbons (Fsp3) is 0.571. The number of hydrogen-bond acceptors (Lipinski definition) is 3. The summed E-state index contributed by atoms with van der Waals surface area (Å²) in [7, 11) is 0. The molecule has 0 aromatic carbocycles. The van der Waals surface area contributed by atoms with E-state index < -0.39 is 11.8 Å². The van der Waals surface area contributed by atoms with E-state index in [-0.39, 0.29) is 11.0 Å². The van der Waals surface area contributed by atoms with Gasteiger partial charge in [-0.1, -0.05) is 13.8 Å². The Balaban J connectivity index is 2.31. The normalized spacial score (nSPS) is 17.7. The number of carboxylic acid groups (broad SMARTS) is 1. The number of anilines is 1. The Morgan fingerprint density at radius 2 is 2.21 bits per heavy atom. The van der Waals surface area contributed by atoms with Gasteiger partial charge in [-0.25, -0.2) is 14.2 Å². The van der Waals surface area contributed by atoms with Crippen LogP contribution in [0.15, 0.2) is 12.3 Å². The van der Waals surface area contributed by atoms with Crippen molar-refractivity contribution in [1.82, 2.24) is 4.98 Å². The van der Waals surface area contributed by atoms with Gasteiger partial charge in [0.1, 0.15) is 17.2 Å². The molecule has 0 unspecified atom stereocenters. The summed E-state index contributed by atoms with van der Waals surface area (Å²) in [5, 5.41) is 9.16. The Kier molecular flexibility index (Phi) is 3.73. The van der Waals surface area contributed by atoms with Gasteiger partial charge in [-0.2, -0.15) is 0 Å². The number of rotatable bonds is 4. The van der Waals surface area contributed by atoms with Crippen molar-refractivity contribution in [3.8, 4) is 0 Å². The molecule has 2 heterocycles. The highest BCUT2D eigenvalue weighted by atomic mass is 19.1. The van der Waals surface area contributed by atoms with Crippen LogP contribution in [0.1, 0.15) is 43.5 Å². The third kappa shape index (κ3) is 2.55. The van der Waals surface area contributed by atoms with Crippen molar-refractivity contribution in [1.29, 1.82) is 0 Å². The van der Waals surface area contributed by atoms with E-state index in [2.05, 4.69) is 18.8 Å². The molecule has 19 heavy (non-hydrogen) atoms. The van der Waals surface area contributed by atoms with E-state index in [1.165, 1.54) is 0 Å². The number of carbonyl (C=O) groups is 1. The molecule has 0 saturated carbocycles. The van der Waals surface area contributed by atoms with Crippen molar-refractivity contribution in [3.63, 3.8) is 0 Å². The van der Waals surface area contributed by atoms with Gasteiger partial charge in [0, 0.05) is 13.1 Å². The number of hydrogen-bond donors (Lipinski definition) is 1. The maximum absolute atomic E-state index is 13.1. The van der Waals surface area contributed by atoms with Crippen LogP contribution >= 0.6 is 0 Å². The third-order valence-electron chi connectivity index (χ3n) is 4.30. The number of nitrogens with zero attached hydrogens (tertiary/aromatic N) is 2. The van der Waals surface area contributed by atoms with Crippen LogP contribution in [-0.2, 0) is 0 Å². The first-order valence-electron chi connectivity index (χ1n) is 6.65. The molecule has 1 saturated heterocycles. The molecular weight excluding hydrogens is 247 g/mol. The zero-order valence-electron chi connectivity index (χ0n) is 11.3. The lowest BCUT2D eigenvalue weighted by atomic mass is 9.82. The molecule has 0 spiro atoms. The minimum absolute atomic E-state index is 0.0528. The molecule has 0 radical (unpaired) electrons. The first kappa shape index (κ1) is 13.8. The van der Waals surface area contributed by atoms with Gasteiger partial charge in [-0.05, 0) is 30.7 Å². The van der Waals surface area contributed by atoms with Crippen molar-refractivity contribution in [2.45, 2.75) is 33.1 Å². The van der Waals surface area contributed by atoms with Crippen LogP contribution in [0.5, 0.6) is 0 Å². The highest BCUT2D eigenvalue weighted by molar-refractivity contribution is 5.93. The average Bonchev–Trinajstić information content (AvgIpc) is 2.83. The molecular formula is C14H19FN2O2. The maximum atomic E-state index is 13.1. The second-order valence-electron chi connectivity index (χ2n) is 5.21. The van der Waals surface area contributed by atoms with Crippen molar-refractivity contribution in [2.75, 3.05) is 18.0 Å². The molecule has 4 nitrogen and oxygen atoms in total. The first-order valence-corrected chi connectivity index (χ1v) is 6.65. The molecule has 1 aromatic heterocycles. The molecule has 1 aliphatic rings. The number of aromatic carboxylic acids is 1. The molecule has 1 aliphatic heterocycles. The quantitative estimate of drug-likeness (QED) is 0.910. The summed E-state index contributed by atoms with van der Waals surface area (Å²) in [5.41, 5.74) is 0.175. The third-order valence-corrected chi connectivity index (χ3v) is 4.30. The number of aromatic nitrogens is 1. The standard InChI is InChI=1S/C14H19FN2O2/c1-3-14(4-2)5-6-17(9-14)12-11(13(18)19)7-10(15)8-16-12/h7-8H,3-6,9H2,1-2H3,(H,18,19). The number of carboxylic acids is 1. The summed E-state index contributed by atoms with van der Waals surface area (Å²) >= 11 is 0. The fourth-order valence-corrected chi connectivity index (χ4v) is 2.78. The van der Waals surface area contributed by atoms with Crippen LogP contribution in [0.2, 0.25) is 0 Å². The highest BCUT2D eigenvalue weighted by Crippen LogP contribution is 2.39. The first-order chi connectivity index (χ1) is 9.01. The molecule has 104 valence electrons. The molecule has 1 N–H and O–H groups in total. The smallest absolute Gasteiger partial charge is 0.339 e. The largest absolute Gasteiger partial charge is 0.478 e. The number of pyridine rings is 1. The summed E-state index contributed by atoms with van der Waals surface area (Å²) in [5.74, 6) is -1.36. The van der Waals surface area contributed by atoms with Crippen molar-refractivity contribution < 1.29 is 14.3 Å². The van der Waals surface area contributed by atoms with E-state index in [0.717, 1.165) is 44.6 Å². The zero-order valence-corrected chi connectivity index (χ0v) is 11.3. The zero-order chi connectivity index (χ0) is 14.0. The molecule has 0 atom stereocenters. The van der Waals surface area contributed by atoms with Crippen molar-refractivity contribution >= 4 is 11.8 Å². The van der Waals surface area contributed by atoms with Gasteiger partial charge < -0.3 is 10.0 Å². The van der Waals surface area contributed by atoms with E-state index in [4.69, 9.17) is 5.11 Å². The minimum atomic E-state index is -1.13. The Morgan fingerprint density at radius 1 is 1.53 bits per heavy atom. The molecule has 5 heteroatoms. The van der Waals surface area contributed by atoms with Crippen LogP contribution in [0, 0.1) is 11.2 Å². The van der Waals surface area contributed by atoms with E-state index in [1.807, 2.05) is 4.90 Å². The fourth-order valence-electron chi connectivity index (χ4n) is 2.78. The van der Waals surface area contributed by atoms with Gasteiger partial charge in [0.2, 0.25) is 0 Å². The lowest BCUT2D eigenvalue weighted by molar-refractivity contribution is 0.0696. The Bertz CT molecular complexity index is 486. The summed E-state index contributed by atoms with van der Waals surface area (Å²) in [4.78, 5) is 17.2. The summed E-state index contributed by atoms with van der Waals surface area (Å²) in [6.45, 7) is 5.88. The highest BCUT2D eigenvalue weighted by Gasteiger charge is 2.36. The molecule has 0 amide bonds. The predicted molar refractivity (Wildman–Crippen MR) is 71.0 cm³/mol. The Hall–Kier alpha value is -1.65. The lowest BCUT2D eigenvalue weighted by Gasteiger charge is -2.27. The SMILES string of the molecule is CCC1(CC)CCN(c2ncc(F)cc2C(=O)O)C1.